The number of unbranched alkanes of at least 4 members (excludes halogenated alkanes) is 1. The first kappa shape index (κ1) is 25.3. The standard InChI is InChI=1S/C27H34N2O5/c1-4-5-10-19(15-25(30)29(3)16-18(2)26(31)32)28-27(33)34-17-24-22-13-8-6-11-20(22)21-12-7-9-14-23(21)24/h6-9,11-14,18-19,24H,4-5,10,15-17H2,1-3H3,(H,28,33)(H,31,32). The van der Waals surface area contributed by atoms with Gasteiger partial charge in [-0.3, -0.25) is 9.59 Å². The third kappa shape index (κ3) is 6.16. The van der Waals surface area contributed by atoms with Crippen LogP contribution in [0.2, 0.25) is 0 Å². The lowest BCUT2D eigenvalue weighted by Gasteiger charge is -2.24. The number of alkyl carbamates (subject to hydrolysis) is 1. The first-order chi connectivity index (χ1) is 16.3. The summed E-state index contributed by atoms with van der Waals surface area (Å²) in [5.41, 5.74) is 4.61. The van der Waals surface area contributed by atoms with E-state index in [1.54, 1.807) is 14.0 Å². The largest absolute Gasteiger partial charge is 0.481 e. The summed E-state index contributed by atoms with van der Waals surface area (Å²) >= 11 is 0. The molecule has 2 amide bonds. The number of nitrogens with zero attached hydrogens (tertiary/aromatic N) is 1. The molecule has 0 radical (unpaired) electrons. The van der Waals surface area contributed by atoms with E-state index in [0.29, 0.717) is 6.42 Å². The van der Waals surface area contributed by atoms with Gasteiger partial charge in [0.25, 0.3) is 0 Å². The van der Waals surface area contributed by atoms with Crippen LogP contribution >= 0.6 is 0 Å². The molecule has 0 bridgehead atoms. The minimum absolute atomic E-state index is 0.0301. The SMILES string of the molecule is CCCCC(CC(=O)N(C)CC(C)C(=O)O)NC(=O)OCC1c2ccccc2-c2ccccc21. The summed E-state index contributed by atoms with van der Waals surface area (Å²) in [5, 5.41) is 12.0. The summed E-state index contributed by atoms with van der Waals surface area (Å²) in [6.07, 6.45) is 2.00. The van der Waals surface area contributed by atoms with Crippen molar-refractivity contribution in [1.29, 1.82) is 0 Å². The Kier molecular flexibility index (Phi) is 8.68. The van der Waals surface area contributed by atoms with Gasteiger partial charge in [-0.1, -0.05) is 75.2 Å². The number of fused-ring (bicyclic) bond motifs is 3. The fourth-order valence-corrected chi connectivity index (χ4v) is 4.44. The predicted molar refractivity (Wildman–Crippen MR) is 131 cm³/mol. The highest BCUT2D eigenvalue weighted by Crippen LogP contribution is 2.44. The Morgan fingerprint density at radius 3 is 2.21 bits per heavy atom. The normalized spacial score (nSPS) is 14.0. The van der Waals surface area contributed by atoms with Crippen molar-refractivity contribution in [3.63, 3.8) is 0 Å². The van der Waals surface area contributed by atoms with Crippen LogP contribution in [-0.2, 0) is 14.3 Å². The number of hydrogen-bond acceptors (Lipinski definition) is 4. The third-order valence-corrected chi connectivity index (χ3v) is 6.39. The van der Waals surface area contributed by atoms with E-state index in [1.807, 2.05) is 31.2 Å². The van der Waals surface area contributed by atoms with E-state index in [-0.39, 0.29) is 37.4 Å². The van der Waals surface area contributed by atoms with Gasteiger partial charge in [-0.25, -0.2) is 4.79 Å². The first-order valence-electron chi connectivity index (χ1n) is 11.9. The number of carboxylic acid groups (broad SMARTS) is 1. The molecule has 2 aromatic carbocycles. The maximum atomic E-state index is 12.7. The Bertz CT molecular complexity index is 976. The summed E-state index contributed by atoms with van der Waals surface area (Å²) in [5.74, 6) is -1.83. The van der Waals surface area contributed by atoms with E-state index >= 15 is 0 Å². The maximum absolute atomic E-state index is 12.7. The first-order valence-corrected chi connectivity index (χ1v) is 11.9. The van der Waals surface area contributed by atoms with Crippen molar-refractivity contribution in [2.24, 2.45) is 5.92 Å². The third-order valence-electron chi connectivity index (χ3n) is 6.39. The van der Waals surface area contributed by atoms with Gasteiger partial charge in [-0.2, -0.15) is 0 Å². The molecule has 2 aromatic rings. The van der Waals surface area contributed by atoms with Crippen LogP contribution < -0.4 is 5.32 Å². The highest BCUT2D eigenvalue weighted by atomic mass is 16.5. The molecule has 0 aliphatic heterocycles. The van der Waals surface area contributed by atoms with E-state index in [0.717, 1.165) is 35.1 Å². The number of hydrogen-bond donors (Lipinski definition) is 2. The van der Waals surface area contributed by atoms with E-state index in [1.165, 1.54) is 4.90 Å². The molecule has 7 heteroatoms. The van der Waals surface area contributed by atoms with E-state index in [4.69, 9.17) is 9.84 Å². The minimum Gasteiger partial charge on any atom is -0.481 e. The Morgan fingerprint density at radius 2 is 1.65 bits per heavy atom. The smallest absolute Gasteiger partial charge is 0.407 e. The van der Waals surface area contributed by atoms with Gasteiger partial charge in [-0.15, -0.1) is 0 Å². The van der Waals surface area contributed by atoms with Gasteiger partial charge >= 0.3 is 12.1 Å². The molecule has 0 saturated heterocycles. The molecule has 0 aromatic heterocycles. The Hall–Kier alpha value is -3.35. The van der Waals surface area contributed by atoms with Gasteiger partial charge in [0.05, 0.1) is 5.92 Å². The lowest BCUT2D eigenvalue weighted by molar-refractivity contribution is -0.142. The molecular weight excluding hydrogens is 432 g/mol. The molecule has 182 valence electrons. The Balaban J connectivity index is 1.60. The molecular formula is C27H34N2O5. The number of carbonyl (C=O) groups excluding carboxylic acids is 2. The number of aliphatic carboxylic acids is 1. The van der Waals surface area contributed by atoms with Gasteiger partial charge in [0, 0.05) is 32.0 Å². The monoisotopic (exact) mass is 466 g/mol. The fraction of sp³-hybridized carbons (Fsp3) is 0.444. The van der Waals surface area contributed by atoms with Crippen LogP contribution in [0.15, 0.2) is 48.5 Å². The number of carbonyl (C=O) groups is 3. The number of benzene rings is 2. The van der Waals surface area contributed by atoms with Crippen molar-refractivity contribution < 1.29 is 24.2 Å². The van der Waals surface area contributed by atoms with Crippen LogP contribution in [0, 0.1) is 5.92 Å². The van der Waals surface area contributed by atoms with Crippen LogP contribution in [0.1, 0.15) is 56.6 Å². The lowest BCUT2D eigenvalue weighted by atomic mass is 9.98. The number of rotatable bonds is 11. The quantitative estimate of drug-likeness (QED) is 0.502. The lowest BCUT2D eigenvalue weighted by Crippen LogP contribution is -2.41. The molecule has 1 aliphatic carbocycles. The van der Waals surface area contributed by atoms with Crippen molar-refractivity contribution in [1.82, 2.24) is 10.2 Å². The molecule has 7 nitrogen and oxygen atoms in total. The maximum Gasteiger partial charge on any atom is 0.407 e. The van der Waals surface area contributed by atoms with Crippen molar-refractivity contribution in [2.45, 2.75) is 51.5 Å². The highest BCUT2D eigenvalue weighted by Gasteiger charge is 2.29. The number of ether oxygens (including phenoxy) is 1. The zero-order chi connectivity index (χ0) is 24.7. The van der Waals surface area contributed by atoms with Gasteiger partial charge in [0.15, 0.2) is 0 Å². The van der Waals surface area contributed by atoms with Gasteiger partial charge in [-0.05, 0) is 28.7 Å². The van der Waals surface area contributed by atoms with Crippen LogP contribution in [0.3, 0.4) is 0 Å². The number of amides is 2. The molecule has 2 atom stereocenters. The molecule has 0 fully saturated rings. The topological polar surface area (TPSA) is 95.9 Å². The molecule has 2 N–H and O–H groups in total. The molecule has 1 aliphatic rings. The van der Waals surface area contributed by atoms with E-state index < -0.39 is 18.0 Å². The summed E-state index contributed by atoms with van der Waals surface area (Å²) in [6, 6.07) is 15.9. The second-order valence-electron chi connectivity index (χ2n) is 9.03. The fourth-order valence-electron chi connectivity index (χ4n) is 4.44. The average Bonchev–Trinajstić information content (AvgIpc) is 3.14. The van der Waals surface area contributed by atoms with Gasteiger partial charge in [0.2, 0.25) is 5.91 Å². The molecule has 2 unspecified atom stereocenters. The van der Waals surface area contributed by atoms with Gasteiger partial charge in [0.1, 0.15) is 6.61 Å². The number of carboxylic acids is 1. The molecule has 0 heterocycles. The number of nitrogens with one attached hydrogen (secondary N) is 1. The predicted octanol–water partition coefficient (Wildman–Crippen LogP) is 4.65. The zero-order valence-corrected chi connectivity index (χ0v) is 20.1. The van der Waals surface area contributed by atoms with E-state index in [2.05, 4.69) is 29.6 Å². The average molecular weight is 467 g/mol. The highest BCUT2D eigenvalue weighted by molar-refractivity contribution is 5.80. The minimum atomic E-state index is -0.945. The molecule has 0 spiro atoms. The molecule has 0 saturated carbocycles. The van der Waals surface area contributed by atoms with Gasteiger partial charge < -0.3 is 20.1 Å². The Morgan fingerprint density at radius 1 is 1.06 bits per heavy atom. The summed E-state index contributed by atoms with van der Waals surface area (Å²) in [4.78, 5) is 37.8. The second-order valence-corrected chi connectivity index (χ2v) is 9.03. The van der Waals surface area contributed by atoms with Crippen molar-refractivity contribution >= 4 is 18.0 Å². The van der Waals surface area contributed by atoms with Crippen LogP contribution in [0.5, 0.6) is 0 Å². The second kappa shape index (κ2) is 11.7. The van der Waals surface area contributed by atoms with E-state index in [9.17, 15) is 14.4 Å². The Labute approximate surface area is 201 Å². The van der Waals surface area contributed by atoms with Crippen LogP contribution in [0.4, 0.5) is 4.79 Å². The van der Waals surface area contributed by atoms with Crippen molar-refractivity contribution in [3.05, 3.63) is 59.7 Å². The molecule has 34 heavy (non-hydrogen) atoms. The summed E-state index contributed by atoms with van der Waals surface area (Å²) in [6.45, 7) is 3.95. The van der Waals surface area contributed by atoms with Crippen LogP contribution in [0.25, 0.3) is 11.1 Å². The van der Waals surface area contributed by atoms with Crippen LogP contribution in [-0.4, -0.2) is 54.2 Å². The molecule has 3 rings (SSSR count). The summed E-state index contributed by atoms with van der Waals surface area (Å²) < 4.78 is 5.64. The zero-order valence-electron chi connectivity index (χ0n) is 20.1. The summed E-state index contributed by atoms with van der Waals surface area (Å²) in [7, 11) is 1.59. The van der Waals surface area contributed by atoms with Crippen molar-refractivity contribution in [2.75, 3.05) is 20.2 Å². The van der Waals surface area contributed by atoms with Crippen molar-refractivity contribution in [3.8, 4) is 11.1 Å².